The van der Waals surface area contributed by atoms with Crippen molar-refractivity contribution in [3.8, 4) is 0 Å². The molecule has 0 bridgehead atoms. The third-order valence-corrected chi connectivity index (χ3v) is 3.79. The van der Waals surface area contributed by atoms with Gasteiger partial charge in [-0.25, -0.2) is 0 Å². The topological polar surface area (TPSA) is 26.0 Å². The minimum Gasteiger partial charge on any atom is -0.328 e. The van der Waals surface area contributed by atoms with Crippen LogP contribution in [-0.2, 0) is 0 Å². The van der Waals surface area contributed by atoms with Crippen LogP contribution < -0.4 is 5.73 Å². The van der Waals surface area contributed by atoms with Crippen molar-refractivity contribution in [1.29, 1.82) is 0 Å². The third kappa shape index (κ3) is 14.0. The molecule has 2 N–H and O–H groups in total. The molecule has 0 aliphatic carbocycles. The lowest BCUT2D eigenvalue weighted by Crippen LogP contribution is -2.20. The summed E-state index contributed by atoms with van der Waals surface area (Å²) in [4.78, 5) is 0. The molecule has 18 heavy (non-hydrogen) atoms. The highest BCUT2D eigenvalue weighted by atomic mass is 14.6. The first kappa shape index (κ1) is 18.0. The third-order valence-electron chi connectivity index (χ3n) is 3.79. The molecule has 0 heterocycles. The fourth-order valence-electron chi connectivity index (χ4n) is 2.41. The first-order valence-electron chi connectivity index (χ1n) is 8.42. The molecule has 0 saturated carbocycles. The van der Waals surface area contributed by atoms with E-state index >= 15 is 0 Å². The zero-order valence-electron chi connectivity index (χ0n) is 13.2. The van der Waals surface area contributed by atoms with Gasteiger partial charge in [0, 0.05) is 6.04 Å². The number of hydrogen-bond donors (Lipinski definition) is 1. The van der Waals surface area contributed by atoms with Gasteiger partial charge in [0.05, 0.1) is 0 Å². The zero-order chi connectivity index (χ0) is 13.6. The monoisotopic (exact) mass is 255 g/mol. The lowest BCUT2D eigenvalue weighted by molar-refractivity contribution is 0.457. The van der Waals surface area contributed by atoms with Crippen LogP contribution in [0.4, 0.5) is 0 Å². The predicted octanol–water partition coefficient (Wildman–Crippen LogP) is 5.67. The maximum atomic E-state index is 6.12. The van der Waals surface area contributed by atoms with Gasteiger partial charge in [-0.05, 0) is 25.2 Å². The van der Waals surface area contributed by atoms with Crippen molar-refractivity contribution in [2.45, 2.75) is 104 Å². The van der Waals surface area contributed by atoms with Crippen molar-refractivity contribution in [2.24, 2.45) is 11.7 Å². The average Bonchev–Trinajstić information content (AvgIpc) is 2.34. The maximum Gasteiger partial charge on any atom is 0.00389 e. The van der Waals surface area contributed by atoms with E-state index in [1.807, 2.05) is 0 Å². The molecule has 0 aliphatic rings. The fraction of sp³-hybridized carbons (Fsp3) is 1.00. The van der Waals surface area contributed by atoms with Crippen LogP contribution in [0.3, 0.4) is 0 Å². The Morgan fingerprint density at radius 2 is 1.17 bits per heavy atom. The standard InChI is InChI=1S/C17H37N/c1-4-5-6-7-8-9-10-11-12-13-17(18)15-14-16(2)3/h16-17H,4-15,18H2,1-3H3. The molecular formula is C17H37N. The first-order chi connectivity index (χ1) is 8.66. The van der Waals surface area contributed by atoms with E-state index in [-0.39, 0.29) is 0 Å². The van der Waals surface area contributed by atoms with E-state index in [0.29, 0.717) is 6.04 Å². The molecule has 0 aromatic heterocycles. The van der Waals surface area contributed by atoms with Gasteiger partial charge in [0.15, 0.2) is 0 Å². The zero-order valence-corrected chi connectivity index (χ0v) is 13.2. The predicted molar refractivity (Wildman–Crippen MR) is 83.9 cm³/mol. The van der Waals surface area contributed by atoms with Crippen LogP contribution in [0.2, 0.25) is 0 Å². The van der Waals surface area contributed by atoms with Gasteiger partial charge in [-0.3, -0.25) is 0 Å². The normalized spacial score (nSPS) is 13.2. The van der Waals surface area contributed by atoms with Crippen LogP contribution in [0.15, 0.2) is 0 Å². The van der Waals surface area contributed by atoms with Gasteiger partial charge in [0.1, 0.15) is 0 Å². The second-order valence-corrected chi connectivity index (χ2v) is 6.35. The van der Waals surface area contributed by atoms with Crippen molar-refractivity contribution in [2.75, 3.05) is 0 Å². The van der Waals surface area contributed by atoms with E-state index in [1.165, 1.54) is 77.0 Å². The van der Waals surface area contributed by atoms with Crippen molar-refractivity contribution in [1.82, 2.24) is 0 Å². The van der Waals surface area contributed by atoms with Crippen LogP contribution in [0.5, 0.6) is 0 Å². The van der Waals surface area contributed by atoms with E-state index < -0.39 is 0 Å². The van der Waals surface area contributed by atoms with Crippen LogP contribution in [0, 0.1) is 5.92 Å². The Hall–Kier alpha value is -0.0400. The summed E-state index contributed by atoms with van der Waals surface area (Å²) in [5.41, 5.74) is 6.12. The number of nitrogens with two attached hydrogens (primary N) is 1. The summed E-state index contributed by atoms with van der Waals surface area (Å²) in [7, 11) is 0. The Bertz CT molecular complexity index is 154. The molecule has 0 amide bonds. The summed E-state index contributed by atoms with van der Waals surface area (Å²) in [6, 6.07) is 0.456. The van der Waals surface area contributed by atoms with Crippen LogP contribution in [0.1, 0.15) is 97.8 Å². The molecule has 1 unspecified atom stereocenters. The molecule has 0 aromatic rings. The second-order valence-electron chi connectivity index (χ2n) is 6.35. The van der Waals surface area contributed by atoms with E-state index in [2.05, 4.69) is 20.8 Å². The highest BCUT2D eigenvalue weighted by Crippen LogP contribution is 2.13. The van der Waals surface area contributed by atoms with E-state index in [4.69, 9.17) is 5.73 Å². The van der Waals surface area contributed by atoms with E-state index in [0.717, 1.165) is 5.92 Å². The summed E-state index contributed by atoms with van der Waals surface area (Å²) in [6.07, 6.45) is 16.4. The maximum absolute atomic E-state index is 6.12. The van der Waals surface area contributed by atoms with E-state index in [9.17, 15) is 0 Å². The number of hydrogen-bond acceptors (Lipinski definition) is 1. The number of rotatable bonds is 13. The lowest BCUT2D eigenvalue weighted by atomic mass is 9.99. The molecule has 0 aromatic carbocycles. The Balaban J connectivity index is 3.10. The SMILES string of the molecule is CCCCCCCCCCCC(N)CCC(C)C. The second kappa shape index (κ2) is 13.4. The summed E-state index contributed by atoms with van der Waals surface area (Å²) in [5.74, 6) is 0.805. The molecule has 0 aliphatic heterocycles. The Labute approximate surface area is 116 Å². The quantitative estimate of drug-likeness (QED) is 0.421. The van der Waals surface area contributed by atoms with Crippen LogP contribution in [-0.4, -0.2) is 6.04 Å². The highest BCUT2D eigenvalue weighted by molar-refractivity contribution is 4.62. The molecule has 1 atom stereocenters. The van der Waals surface area contributed by atoms with Crippen molar-refractivity contribution < 1.29 is 0 Å². The van der Waals surface area contributed by atoms with E-state index in [1.54, 1.807) is 0 Å². The van der Waals surface area contributed by atoms with Crippen molar-refractivity contribution in [3.63, 3.8) is 0 Å². The summed E-state index contributed by atoms with van der Waals surface area (Å²) in [6.45, 7) is 6.85. The van der Waals surface area contributed by atoms with Gasteiger partial charge in [0.2, 0.25) is 0 Å². The first-order valence-corrected chi connectivity index (χ1v) is 8.42. The van der Waals surface area contributed by atoms with Crippen molar-refractivity contribution in [3.05, 3.63) is 0 Å². The van der Waals surface area contributed by atoms with Crippen LogP contribution in [0.25, 0.3) is 0 Å². The summed E-state index contributed by atoms with van der Waals surface area (Å²) >= 11 is 0. The lowest BCUT2D eigenvalue weighted by Gasteiger charge is -2.12. The fourth-order valence-corrected chi connectivity index (χ4v) is 2.41. The largest absolute Gasteiger partial charge is 0.328 e. The molecule has 0 spiro atoms. The Kier molecular flexibility index (Phi) is 13.4. The summed E-state index contributed by atoms with van der Waals surface area (Å²) < 4.78 is 0. The molecule has 0 fully saturated rings. The summed E-state index contributed by atoms with van der Waals surface area (Å²) in [5, 5.41) is 0. The van der Waals surface area contributed by atoms with Gasteiger partial charge in [-0.1, -0.05) is 78.6 Å². The molecule has 110 valence electrons. The number of unbranched alkanes of at least 4 members (excludes halogenated alkanes) is 8. The highest BCUT2D eigenvalue weighted by Gasteiger charge is 2.03. The van der Waals surface area contributed by atoms with Gasteiger partial charge in [0.25, 0.3) is 0 Å². The van der Waals surface area contributed by atoms with Gasteiger partial charge < -0.3 is 5.73 Å². The van der Waals surface area contributed by atoms with Gasteiger partial charge in [-0.15, -0.1) is 0 Å². The van der Waals surface area contributed by atoms with Gasteiger partial charge in [-0.2, -0.15) is 0 Å². The smallest absolute Gasteiger partial charge is 0.00389 e. The molecule has 1 nitrogen and oxygen atoms in total. The molecular weight excluding hydrogens is 218 g/mol. The Morgan fingerprint density at radius 3 is 1.67 bits per heavy atom. The average molecular weight is 255 g/mol. The van der Waals surface area contributed by atoms with Crippen molar-refractivity contribution >= 4 is 0 Å². The minimum atomic E-state index is 0.456. The molecule has 0 saturated heterocycles. The molecule has 0 rings (SSSR count). The van der Waals surface area contributed by atoms with Crippen LogP contribution >= 0.6 is 0 Å². The van der Waals surface area contributed by atoms with Gasteiger partial charge >= 0.3 is 0 Å². The Morgan fingerprint density at radius 1 is 0.667 bits per heavy atom. The molecule has 1 heteroatoms. The molecule has 0 radical (unpaired) electrons. The minimum absolute atomic E-state index is 0.456.